The van der Waals surface area contributed by atoms with Crippen molar-refractivity contribution in [3.8, 4) is 5.75 Å². The topological polar surface area (TPSA) is 44.1 Å². The number of rotatable bonds is 5. The van der Waals surface area contributed by atoms with Gasteiger partial charge in [0.1, 0.15) is 12.4 Å². The molecule has 2 rings (SSSR count). The molecule has 0 unspecified atom stereocenters. The molecule has 0 spiro atoms. The molecule has 0 saturated carbocycles. The van der Waals surface area contributed by atoms with Crippen LogP contribution in [0, 0.1) is 0 Å². The van der Waals surface area contributed by atoms with Gasteiger partial charge in [0.25, 0.3) is 0 Å². The van der Waals surface area contributed by atoms with Gasteiger partial charge >= 0.3 is 0 Å². The summed E-state index contributed by atoms with van der Waals surface area (Å²) in [5, 5.41) is 5.08. The van der Waals surface area contributed by atoms with Crippen molar-refractivity contribution >= 4 is 45.4 Å². The standard InChI is InChI=1S/C14H13BrCl2N2O2/c1-3-11-13(15)12(19(2)18-11)7-21-14-8(6-20)4-9(16)5-10(14)17/h4-6H,3,7H2,1-2H3. The van der Waals surface area contributed by atoms with E-state index in [9.17, 15) is 4.79 Å². The van der Waals surface area contributed by atoms with Crippen molar-refractivity contribution in [3.05, 3.63) is 43.6 Å². The van der Waals surface area contributed by atoms with Gasteiger partial charge in [-0.05, 0) is 34.5 Å². The molecule has 1 aromatic heterocycles. The monoisotopic (exact) mass is 390 g/mol. The van der Waals surface area contributed by atoms with Crippen molar-refractivity contribution in [2.75, 3.05) is 0 Å². The number of carbonyl (C=O) groups excluding carboxylic acids is 1. The number of halogens is 3. The molecule has 0 aliphatic heterocycles. The second-order valence-electron chi connectivity index (χ2n) is 4.40. The van der Waals surface area contributed by atoms with Crippen molar-refractivity contribution in [2.24, 2.45) is 7.05 Å². The van der Waals surface area contributed by atoms with Crippen LogP contribution in [0.15, 0.2) is 16.6 Å². The highest BCUT2D eigenvalue weighted by Crippen LogP contribution is 2.33. The number of ether oxygens (including phenoxy) is 1. The molecule has 7 heteroatoms. The average Bonchev–Trinajstić information content (AvgIpc) is 2.72. The molecule has 1 heterocycles. The van der Waals surface area contributed by atoms with Crippen LogP contribution in [0.5, 0.6) is 5.75 Å². The summed E-state index contributed by atoms with van der Waals surface area (Å²) in [5.74, 6) is 0.321. The third-order valence-electron chi connectivity index (χ3n) is 3.02. The molecule has 0 radical (unpaired) electrons. The lowest BCUT2D eigenvalue weighted by molar-refractivity contribution is 0.111. The third kappa shape index (κ3) is 3.42. The maximum absolute atomic E-state index is 11.1. The van der Waals surface area contributed by atoms with Gasteiger partial charge in [-0.25, -0.2) is 0 Å². The predicted octanol–water partition coefficient (Wildman–Crippen LogP) is 4.44. The fourth-order valence-corrected chi connectivity index (χ4v) is 3.23. The summed E-state index contributed by atoms with van der Waals surface area (Å²) in [6, 6.07) is 3.06. The fraction of sp³-hybridized carbons (Fsp3) is 0.286. The Hall–Kier alpha value is -1.04. The predicted molar refractivity (Wildman–Crippen MR) is 86.5 cm³/mol. The Morgan fingerprint density at radius 3 is 2.71 bits per heavy atom. The van der Waals surface area contributed by atoms with Crippen LogP contribution in [0.3, 0.4) is 0 Å². The highest BCUT2D eigenvalue weighted by Gasteiger charge is 2.15. The molecule has 1 aromatic carbocycles. The number of benzene rings is 1. The molecule has 0 aliphatic carbocycles. The van der Waals surface area contributed by atoms with Crippen LogP contribution in [-0.2, 0) is 20.1 Å². The van der Waals surface area contributed by atoms with Crippen LogP contribution < -0.4 is 4.74 Å². The number of hydrogen-bond donors (Lipinski definition) is 0. The summed E-state index contributed by atoms with van der Waals surface area (Å²) in [5.41, 5.74) is 2.14. The van der Waals surface area contributed by atoms with Crippen molar-refractivity contribution in [1.29, 1.82) is 0 Å². The number of hydrogen-bond acceptors (Lipinski definition) is 3. The van der Waals surface area contributed by atoms with Crippen LogP contribution in [-0.4, -0.2) is 16.1 Å². The SMILES string of the molecule is CCc1nn(C)c(COc2c(Cl)cc(Cl)cc2C=O)c1Br. The fourth-order valence-electron chi connectivity index (χ4n) is 1.94. The van der Waals surface area contributed by atoms with E-state index in [4.69, 9.17) is 27.9 Å². The summed E-state index contributed by atoms with van der Waals surface area (Å²) < 4.78 is 8.36. The molecule has 0 amide bonds. The van der Waals surface area contributed by atoms with Crippen LogP contribution >= 0.6 is 39.1 Å². The highest BCUT2D eigenvalue weighted by atomic mass is 79.9. The quantitative estimate of drug-likeness (QED) is 0.707. The number of aldehydes is 1. The summed E-state index contributed by atoms with van der Waals surface area (Å²) in [7, 11) is 1.84. The Labute approximate surface area is 141 Å². The van der Waals surface area contributed by atoms with Crippen molar-refractivity contribution < 1.29 is 9.53 Å². The number of carbonyl (C=O) groups is 1. The molecule has 0 aliphatic rings. The first kappa shape index (κ1) is 16.3. The summed E-state index contributed by atoms with van der Waals surface area (Å²) in [6.07, 6.45) is 1.48. The van der Waals surface area contributed by atoms with E-state index in [1.807, 2.05) is 14.0 Å². The number of nitrogens with zero attached hydrogens (tertiary/aromatic N) is 2. The van der Waals surface area contributed by atoms with Gasteiger partial charge in [-0.3, -0.25) is 9.48 Å². The molecular weight excluding hydrogens is 379 g/mol. The van der Waals surface area contributed by atoms with Crippen LogP contribution in [0.2, 0.25) is 10.0 Å². The molecule has 0 bridgehead atoms. The van der Waals surface area contributed by atoms with Crippen molar-refractivity contribution in [3.63, 3.8) is 0 Å². The molecule has 21 heavy (non-hydrogen) atoms. The Morgan fingerprint density at radius 2 is 2.14 bits per heavy atom. The molecule has 0 saturated heterocycles. The maximum Gasteiger partial charge on any atom is 0.153 e. The molecule has 112 valence electrons. The summed E-state index contributed by atoms with van der Waals surface area (Å²) in [4.78, 5) is 11.1. The minimum atomic E-state index is 0.242. The number of aryl methyl sites for hydroxylation is 2. The molecule has 2 aromatic rings. The van der Waals surface area contributed by atoms with E-state index in [1.165, 1.54) is 6.07 Å². The summed E-state index contributed by atoms with van der Waals surface area (Å²) >= 11 is 15.5. The first-order chi connectivity index (χ1) is 9.97. The zero-order valence-electron chi connectivity index (χ0n) is 11.5. The van der Waals surface area contributed by atoms with Gasteiger partial charge in [0.05, 0.1) is 26.4 Å². The molecule has 4 nitrogen and oxygen atoms in total. The molecular formula is C14H13BrCl2N2O2. The summed E-state index contributed by atoms with van der Waals surface area (Å²) in [6.45, 7) is 2.27. The van der Waals surface area contributed by atoms with Gasteiger partial charge < -0.3 is 4.74 Å². The van der Waals surface area contributed by atoms with Gasteiger partial charge in [-0.15, -0.1) is 0 Å². The number of aromatic nitrogens is 2. The van der Waals surface area contributed by atoms with Crippen LogP contribution in [0.1, 0.15) is 28.7 Å². The highest BCUT2D eigenvalue weighted by molar-refractivity contribution is 9.10. The Morgan fingerprint density at radius 1 is 1.43 bits per heavy atom. The average molecular weight is 392 g/mol. The van der Waals surface area contributed by atoms with Crippen molar-refractivity contribution in [2.45, 2.75) is 20.0 Å². The zero-order valence-corrected chi connectivity index (χ0v) is 14.6. The normalized spacial score (nSPS) is 10.7. The van der Waals surface area contributed by atoms with E-state index in [1.54, 1.807) is 10.7 Å². The lowest BCUT2D eigenvalue weighted by Gasteiger charge is -2.11. The second-order valence-corrected chi connectivity index (χ2v) is 6.03. The third-order valence-corrected chi connectivity index (χ3v) is 4.43. The van der Waals surface area contributed by atoms with E-state index in [-0.39, 0.29) is 6.61 Å². The van der Waals surface area contributed by atoms with Crippen LogP contribution in [0.25, 0.3) is 0 Å². The van der Waals surface area contributed by atoms with Crippen molar-refractivity contribution in [1.82, 2.24) is 9.78 Å². The van der Waals surface area contributed by atoms with Crippen LogP contribution in [0.4, 0.5) is 0 Å². The first-order valence-electron chi connectivity index (χ1n) is 6.25. The lowest BCUT2D eigenvalue weighted by Crippen LogP contribution is -2.05. The van der Waals surface area contributed by atoms with Gasteiger partial charge in [-0.1, -0.05) is 30.1 Å². The van der Waals surface area contributed by atoms with E-state index in [0.717, 1.165) is 22.3 Å². The van der Waals surface area contributed by atoms with Gasteiger partial charge in [0.2, 0.25) is 0 Å². The van der Waals surface area contributed by atoms with E-state index in [0.29, 0.717) is 27.6 Å². The molecule has 0 atom stereocenters. The molecule has 0 N–H and O–H groups in total. The maximum atomic E-state index is 11.1. The van der Waals surface area contributed by atoms with Gasteiger partial charge in [0, 0.05) is 12.1 Å². The van der Waals surface area contributed by atoms with E-state index in [2.05, 4.69) is 21.0 Å². The Kier molecular flexibility index (Phi) is 5.30. The second kappa shape index (κ2) is 6.81. The van der Waals surface area contributed by atoms with E-state index >= 15 is 0 Å². The zero-order chi connectivity index (χ0) is 15.6. The minimum absolute atomic E-state index is 0.242. The Balaban J connectivity index is 2.29. The Bertz CT molecular complexity index is 686. The van der Waals surface area contributed by atoms with Gasteiger partial charge in [-0.2, -0.15) is 5.10 Å². The molecule has 0 fully saturated rings. The lowest BCUT2D eigenvalue weighted by atomic mass is 10.2. The first-order valence-corrected chi connectivity index (χ1v) is 7.80. The largest absolute Gasteiger partial charge is 0.485 e. The van der Waals surface area contributed by atoms with E-state index < -0.39 is 0 Å². The smallest absolute Gasteiger partial charge is 0.153 e. The minimum Gasteiger partial charge on any atom is -0.485 e. The van der Waals surface area contributed by atoms with Gasteiger partial charge in [0.15, 0.2) is 6.29 Å².